The van der Waals surface area contributed by atoms with Crippen molar-refractivity contribution in [3.8, 4) is 5.75 Å². The number of ether oxygens (including phenoxy) is 1. The summed E-state index contributed by atoms with van der Waals surface area (Å²) in [4.78, 5) is 16.0. The Morgan fingerprint density at radius 2 is 2.29 bits per heavy atom. The van der Waals surface area contributed by atoms with E-state index >= 15 is 0 Å². The highest BCUT2D eigenvalue weighted by molar-refractivity contribution is 5.92. The largest absolute Gasteiger partial charge is 0.497 e. The molecule has 0 aliphatic rings. The van der Waals surface area contributed by atoms with Crippen LogP contribution in [0.5, 0.6) is 5.75 Å². The van der Waals surface area contributed by atoms with Crippen LogP contribution in [-0.4, -0.2) is 24.5 Å². The van der Waals surface area contributed by atoms with Crippen molar-refractivity contribution in [2.45, 2.75) is 19.9 Å². The molecular formula is C15H19N3O3. The third kappa shape index (κ3) is 4.32. The fourth-order valence-corrected chi connectivity index (χ4v) is 1.81. The van der Waals surface area contributed by atoms with Crippen LogP contribution in [0.4, 0.5) is 5.69 Å². The highest BCUT2D eigenvalue weighted by atomic mass is 16.5. The number of rotatable bonds is 6. The fourth-order valence-electron chi connectivity index (χ4n) is 1.81. The van der Waals surface area contributed by atoms with Crippen LogP contribution in [0.25, 0.3) is 0 Å². The number of carbonyl (C=O) groups is 1. The molecule has 0 saturated carbocycles. The highest BCUT2D eigenvalue weighted by Gasteiger charge is 2.12. The maximum absolute atomic E-state index is 11.9. The maximum Gasteiger partial charge on any atom is 0.238 e. The predicted molar refractivity (Wildman–Crippen MR) is 79.3 cm³/mol. The number of nitrogens with zero attached hydrogens (tertiary/aromatic N) is 1. The van der Waals surface area contributed by atoms with E-state index in [-0.39, 0.29) is 18.5 Å². The van der Waals surface area contributed by atoms with Crippen LogP contribution in [0.1, 0.15) is 24.6 Å². The van der Waals surface area contributed by atoms with Crippen molar-refractivity contribution >= 4 is 11.6 Å². The molecule has 0 radical (unpaired) electrons. The topological polar surface area (TPSA) is 76.4 Å². The van der Waals surface area contributed by atoms with Gasteiger partial charge >= 0.3 is 0 Å². The van der Waals surface area contributed by atoms with Gasteiger partial charge in [-0.15, -0.1) is 0 Å². The van der Waals surface area contributed by atoms with Gasteiger partial charge in [0.05, 0.1) is 25.9 Å². The molecule has 1 unspecified atom stereocenters. The number of carbonyl (C=O) groups excluding carboxylic acids is 1. The summed E-state index contributed by atoms with van der Waals surface area (Å²) in [5.74, 6) is 1.88. The third-order valence-corrected chi connectivity index (χ3v) is 2.93. The lowest BCUT2D eigenvalue weighted by Crippen LogP contribution is -2.30. The number of benzene rings is 1. The van der Waals surface area contributed by atoms with Crippen LogP contribution in [-0.2, 0) is 4.79 Å². The van der Waals surface area contributed by atoms with Crippen LogP contribution in [0.3, 0.4) is 0 Å². The molecule has 0 spiro atoms. The summed E-state index contributed by atoms with van der Waals surface area (Å²) in [5, 5.41) is 5.86. The molecule has 21 heavy (non-hydrogen) atoms. The lowest BCUT2D eigenvalue weighted by molar-refractivity contribution is -0.115. The number of hydrogen-bond acceptors (Lipinski definition) is 5. The van der Waals surface area contributed by atoms with E-state index < -0.39 is 0 Å². The van der Waals surface area contributed by atoms with E-state index in [4.69, 9.17) is 9.15 Å². The molecule has 2 aromatic rings. The number of amides is 1. The lowest BCUT2D eigenvalue weighted by Gasteiger charge is -2.11. The Balaban J connectivity index is 1.84. The Labute approximate surface area is 123 Å². The van der Waals surface area contributed by atoms with Gasteiger partial charge in [0.25, 0.3) is 0 Å². The summed E-state index contributed by atoms with van der Waals surface area (Å²) >= 11 is 0. The zero-order chi connectivity index (χ0) is 15.2. The fraction of sp³-hybridized carbons (Fsp3) is 0.333. The molecule has 1 atom stereocenters. The zero-order valence-corrected chi connectivity index (χ0v) is 12.3. The molecule has 0 saturated heterocycles. The van der Waals surface area contributed by atoms with Gasteiger partial charge in [-0.1, -0.05) is 6.07 Å². The van der Waals surface area contributed by atoms with Crippen molar-refractivity contribution in [3.05, 3.63) is 42.1 Å². The van der Waals surface area contributed by atoms with Crippen molar-refractivity contribution in [3.63, 3.8) is 0 Å². The number of anilines is 1. The van der Waals surface area contributed by atoms with Gasteiger partial charge in [0.2, 0.25) is 11.8 Å². The summed E-state index contributed by atoms with van der Waals surface area (Å²) in [6.45, 7) is 3.89. The molecular weight excluding hydrogens is 270 g/mol. The quantitative estimate of drug-likeness (QED) is 0.853. The van der Waals surface area contributed by atoms with Crippen molar-refractivity contribution in [1.29, 1.82) is 0 Å². The van der Waals surface area contributed by atoms with Gasteiger partial charge in [-0.25, -0.2) is 4.98 Å². The van der Waals surface area contributed by atoms with Crippen LogP contribution in [0, 0.1) is 6.92 Å². The van der Waals surface area contributed by atoms with Crippen molar-refractivity contribution in [2.24, 2.45) is 0 Å². The Hall–Kier alpha value is -2.34. The van der Waals surface area contributed by atoms with Crippen LogP contribution in [0.15, 0.2) is 34.9 Å². The summed E-state index contributed by atoms with van der Waals surface area (Å²) in [7, 11) is 1.59. The van der Waals surface area contributed by atoms with E-state index in [1.54, 1.807) is 25.4 Å². The molecule has 0 aliphatic carbocycles. The zero-order valence-electron chi connectivity index (χ0n) is 12.3. The first kappa shape index (κ1) is 15.1. The van der Waals surface area contributed by atoms with Crippen molar-refractivity contribution in [1.82, 2.24) is 10.3 Å². The second kappa shape index (κ2) is 6.90. The van der Waals surface area contributed by atoms with Crippen LogP contribution >= 0.6 is 0 Å². The van der Waals surface area contributed by atoms with Crippen molar-refractivity contribution < 1.29 is 13.9 Å². The summed E-state index contributed by atoms with van der Waals surface area (Å²) in [6, 6.07) is 7.08. The first-order valence-electron chi connectivity index (χ1n) is 6.68. The number of nitrogens with one attached hydrogen (secondary N) is 2. The summed E-state index contributed by atoms with van der Waals surface area (Å²) < 4.78 is 10.5. The van der Waals surface area contributed by atoms with Gasteiger partial charge in [-0.3, -0.25) is 10.1 Å². The number of aryl methyl sites for hydroxylation is 1. The molecule has 1 heterocycles. The Kier molecular flexibility index (Phi) is 4.94. The number of hydrogen-bond donors (Lipinski definition) is 2. The van der Waals surface area contributed by atoms with E-state index in [1.165, 1.54) is 0 Å². The number of oxazole rings is 1. The van der Waals surface area contributed by atoms with Gasteiger partial charge in [-0.05, 0) is 26.0 Å². The average molecular weight is 289 g/mol. The molecule has 6 heteroatoms. The lowest BCUT2D eigenvalue weighted by atomic mass is 10.3. The van der Waals surface area contributed by atoms with Crippen molar-refractivity contribution in [2.75, 3.05) is 19.0 Å². The molecule has 1 aromatic carbocycles. The highest BCUT2D eigenvalue weighted by Crippen LogP contribution is 2.16. The SMILES string of the molecule is COc1cccc(NC(=O)CNC(C)c2ncc(C)o2)c1. The molecule has 6 nitrogen and oxygen atoms in total. The van der Waals surface area contributed by atoms with E-state index in [0.717, 1.165) is 5.76 Å². The molecule has 2 rings (SSSR count). The number of aromatic nitrogens is 1. The van der Waals surface area contributed by atoms with Gasteiger partial charge in [-0.2, -0.15) is 0 Å². The Bertz CT molecular complexity index is 610. The monoisotopic (exact) mass is 289 g/mol. The molecule has 2 N–H and O–H groups in total. The molecule has 1 aromatic heterocycles. The second-order valence-corrected chi connectivity index (χ2v) is 4.69. The molecule has 0 bridgehead atoms. The predicted octanol–water partition coefficient (Wildman–Crippen LogP) is 2.28. The van der Waals surface area contributed by atoms with E-state index in [9.17, 15) is 4.79 Å². The minimum atomic E-state index is -0.140. The molecule has 1 amide bonds. The van der Waals surface area contributed by atoms with Gasteiger partial charge in [0.1, 0.15) is 11.5 Å². The first-order valence-corrected chi connectivity index (χ1v) is 6.68. The standard InChI is InChI=1S/C15H19N3O3/c1-10-8-17-15(21-10)11(2)16-9-14(19)18-12-5-4-6-13(7-12)20-3/h4-8,11,16H,9H2,1-3H3,(H,18,19). The summed E-state index contributed by atoms with van der Waals surface area (Å²) in [6.07, 6.45) is 1.66. The molecule has 0 fully saturated rings. The smallest absolute Gasteiger partial charge is 0.238 e. The van der Waals surface area contributed by atoms with Gasteiger partial charge < -0.3 is 14.5 Å². The normalized spacial score (nSPS) is 12.0. The first-order chi connectivity index (χ1) is 10.1. The minimum Gasteiger partial charge on any atom is -0.497 e. The Morgan fingerprint density at radius 3 is 2.95 bits per heavy atom. The summed E-state index contributed by atoms with van der Waals surface area (Å²) in [5.41, 5.74) is 0.695. The minimum absolute atomic E-state index is 0.130. The second-order valence-electron chi connectivity index (χ2n) is 4.69. The van der Waals surface area contributed by atoms with Crippen LogP contribution in [0.2, 0.25) is 0 Å². The van der Waals surface area contributed by atoms with E-state index in [0.29, 0.717) is 17.3 Å². The molecule has 0 aliphatic heterocycles. The maximum atomic E-state index is 11.9. The third-order valence-electron chi connectivity index (χ3n) is 2.93. The molecule has 112 valence electrons. The Morgan fingerprint density at radius 1 is 1.48 bits per heavy atom. The van der Waals surface area contributed by atoms with Crippen LogP contribution < -0.4 is 15.4 Å². The van der Waals surface area contributed by atoms with Gasteiger partial charge in [0.15, 0.2) is 0 Å². The van der Waals surface area contributed by atoms with Gasteiger partial charge in [0, 0.05) is 11.8 Å². The van der Waals surface area contributed by atoms with E-state index in [1.807, 2.05) is 26.0 Å². The average Bonchev–Trinajstić information content (AvgIpc) is 2.91. The van der Waals surface area contributed by atoms with E-state index in [2.05, 4.69) is 15.6 Å². The number of methoxy groups -OCH3 is 1.